The molecule has 2 aromatic heterocycles. The number of fused-ring (bicyclic) bond motifs is 1. The fourth-order valence-corrected chi connectivity index (χ4v) is 2.92. The lowest BCUT2D eigenvalue weighted by Crippen LogP contribution is -2.28. The fraction of sp³-hybridized carbons (Fsp3) is 0.167. The Bertz CT molecular complexity index is 891. The lowest BCUT2D eigenvalue weighted by atomic mass is 10.2. The van der Waals surface area contributed by atoms with Crippen molar-refractivity contribution in [2.75, 3.05) is 0 Å². The van der Waals surface area contributed by atoms with Crippen LogP contribution < -0.4 is 0 Å². The molecule has 1 aliphatic rings. The van der Waals surface area contributed by atoms with Crippen LogP contribution in [0, 0.1) is 5.82 Å². The first-order valence-electron chi connectivity index (χ1n) is 7.71. The highest BCUT2D eigenvalue weighted by Gasteiger charge is 2.28. The molecule has 0 atom stereocenters. The summed E-state index contributed by atoms with van der Waals surface area (Å²) in [5.74, 6) is -0.582. The summed E-state index contributed by atoms with van der Waals surface area (Å²) in [5, 5.41) is 4.41. The predicted molar refractivity (Wildman–Crippen MR) is 85.7 cm³/mol. The number of nitrogens with zero attached hydrogens (tertiary/aromatic N) is 4. The number of hydrogen-bond acceptors (Lipinski definition) is 3. The highest BCUT2D eigenvalue weighted by Crippen LogP contribution is 2.25. The molecule has 0 fully saturated rings. The minimum absolute atomic E-state index is 0.0320. The fourth-order valence-electron chi connectivity index (χ4n) is 2.92. The van der Waals surface area contributed by atoms with E-state index in [4.69, 9.17) is 0 Å². The van der Waals surface area contributed by atoms with E-state index in [0.717, 1.165) is 16.9 Å². The van der Waals surface area contributed by atoms with Crippen LogP contribution in [-0.2, 0) is 24.3 Å². The van der Waals surface area contributed by atoms with Gasteiger partial charge in [0.2, 0.25) is 5.91 Å². The van der Waals surface area contributed by atoms with Crippen molar-refractivity contribution in [1.82, 2.24) is 19.7 Å². The first kappa shape index (κ1) is 14.6. The molecule has 0 radical (unpaired) electrons. The average Bonchev–Trinajstić information content (AvgIpc) is 3.18. The number of aromatic nitrogens is 3. The number of amides is 1. The molecule has 4 rings (SSSR count). The molecule has 0 saturated heterocycles. The largest absolute Gasteiger partial charge is 0.332 e. The van der Waals surface area contributed by atoms with E-state index >= 15 is 0 Å². The summed E-state index contributed by atoms with van der Waals surface area (Å²) in [4.78, 5) is 18.1. The van der Waals surface area contributed by atoms with Gasteiger partial charge in [0.05, 0.1) is 36.2 Å². The standard InChI is InChI=1S/C18H15FN4O/c19-15-7-4-8-20-16(15)9-18(24)22-11-13-10-21-23(17(13)12-22)14-5-2-1-3-6-14/h1-8,10H,9,11-12H2. The topological polar surface area (TPSA) is 51.0 Å². The Morgan fingerprint density at radius 1 is 1.12 bits per heavy atom. The summed E-state index contributed by atoms with van der Waals surface area (Å²) in [6.07, 6.45) is 3.25. The molecule has 0 unspecified atom stereocenters. The highest BCUT2D eigenvalue weighted by atomic mass is 19.1. The van der Waals surface area contributed by atoms with Gasteiger partial charge in [-0.2, -0.15) is 5.10 Å². The minimum atomic E-state index is -0.446. The molecule has 0 bridgehead atoms. The van der Waals surface area contributed by atoms with Crippen molar-refractivity contribution in [3.63, 3.8) is 0 Å². The molecular formula is C18H15FN4O. The molecular weight excluding hydrogens is 307 g/mol. The van der Waals surface area contributed by atoms with Crippen molar-refractivity contribution >= 4 is 5.91 Å². The van der Waals surface area contributed by atoms with Gasteiger partial charge >= 0.3 is 0 Å². The van der Waals surface area contributed by atoms with Crippen molar-refractivity contribution in [3.05, 3.63) is 77.6 Å². The molecule has 0 N–H and O–H groups in total. The van der Waals surface area contributed by atoms with Gasteiger partial charge in [-0.1, -0.05) is 18.2 Å². The third-order valence-corrected chi connectivity index (χ3v) is 4.16. The molecule has 3 aromatic rings. The van der Waals surface area contributed by atoms with Crippen LogP contribution >= 0.6 is 0 Å². The van der Waals surface area contributed by atoms with Gasteiger partial charge < -0.3 is 4.90 Å². The maximum absolute atomic E-state index is 13.7. The Morgan fingerprint density at radius 2 is 1.96 bits per heavy atom. The van der Waals surface area contributed by atoms with E-state index in [0.29, 0.717) is 13.1 Å². The zero-order valence-electron chi connectivity index (χ0n) is 12.9. The first-order valence-corrected chi connectivity index (χ1v) is 7.71. The summed E-state index contributed by atoms with van der Waals surface area (Å²) in [5.41, 5.74) is 3.16. The third-order valence-electron chi connectivity index (χ3n) is 4.16. The van der Waals surface area contributed by atoms with Crippen molar-refractivity contribution in [1.29, 1.82) is 0 Å². The summed E-state index contributed by atoms with van der Waals surface area (Å²) >= 11 is 0. The van der Waals surface area contributed by atoms with E-state index in [-0.39, 0.29) is 18.0 Å². The number of benzene rings is 1. The number of rotatable bonds is 3. The number of pyridine rings is 1. The van der Waals surface area contributed by atoms with Crippen molar-refractivity contribution in [3.8, 4) is 5.69 Å². The van der Waals surface area contributed by atoms with Gasteiger partial charge in [0.25, 0.3) is 0 Å². The number of para-hydroxylation sites is 1. The predicted octanol–water partition coefficient (Wildman–Crippen LogP) is 2.49. The highest BCUT2D eigenvalue weighted by molar-refractivity contribution is 5.79. The van der Waals surface area contributed by atoms with Crippen LogP contribution in [0.2, 0.25) is 0 Å². The lowest BCUT2D eigenvalue weighted by molar-refractivity contribution is -0.131. The molecule has 0 saturated carbocycles. The zero-order chi connectivity index (χ0) is 16.5. The van der Waals surface area contributed by atoms with Crippen LogP contribution in [0.25, 0.3) is 5.69 Å². The Morgan fingerprint density at radius 3 is 2.75 bits per heavy atom. The van der Waals surface area contributed by atoms with E-state index in [9.17, 15) is 9.18 Å². The molecule has 0 spiro atoms. The minimum Gasteiger partial charge on any atom is -0.332 e. The maximum Gasteiger partial charge on any atom is 0.229 e. The van der Waals surface area contributed by atoms with Crippen LogP contribution in [-0.4, -0.2) is 25.6 Å². The summed E-state index contributed by atoms with van der Waals surface area (Å²) < 4.78 is 15.5. The number of carbonyl (C=O) groups excluding carboxylic acids is 1. The molecule has 1 aromatic carbocycles. The number of halogens is 1. The van der Waals surface area contributed by atoms with Crippen LogP contribution in [0.4, 0.5) is 4.39 Å². The van der Waals surface area contributed by atoms with Gasteiger partial charge in [0.1, 0.15) is 5.82 Å². The first-order chi connectivity index (χ1) is 11.7. The van der Waals surface area contributed by atoms with Gasteiger partial charge in [0.15, 0.2) is 0 Å². The molecule has 5 nitrogen and oxygen atoms in total. The monoisotopic (exact) mass is 322 g/mol. The quantitative estimate of drug-likeness (QED) is 0.744. The summed E-state index contributed by atoms with van der Waals surface area (Å²) in [6.45, 7) is 0.965. The molecule has 3 heterocycles. The van der Waals surface area contributed by atoms with Gasteiger partial charge in [-0.3, -0.25) is 9.78 Å². The Hall–Kier alpha value is -3.02. The second-order valence-corrected chi connectivity index (χ2v) is 5.72. The summed E-state index contributed by atoms with van der Waals surface area (Å²) in [6, 6.07) is 12.6. The zero-order valence-corrected chi connectivity index (χ0v) is 12.9. The Kier molecular flexibility index (Phi) is 3.57. The van der Waals surface area contributed by atoms with Gasteiger partial charge in [-0.15, -0.1) is 0 Å². The van der Waals surface area contributed by atoms with E-state index in [1.54, 1.807) is 11.1 Å². The van der Waals surface area contributed by atoms with E-state index in [1.807, 2.05) is 35.0 Å². The van der Waals surface area contributed by atoms with Crippen LogP contribution in [0.3, 0.4) is 0 Å². The molecule has 6 heteroatoms. The third kappa shape index (κ3) is 2.56. The van der Waals surface area contributed by atoms with Gasteiger partial charge in [0, 0.05) is 18.3 Å². The summed E-state index contributed by atoms with van der Waals surface area (Å²) in [7, 11) is 0. The van der Waals surface area contributed by atoms with Crippen molar-refractivity contribution in [2.45, 2.75) is 19.5 Å². The smallest absolute Gasteiger partial charge is 0.229 e. The molecule has 1 aliphatic heterocycles. The molecule has 0 aliphatic carbocycles. The Balaban J connectivity index is 1.53. The maximum atomic E-state index is 13.7. The number of hydrogen-bond donors (Lipinski definition) is 0. The van der Waals surface area contributed by atoms with Crippen LogP contribution in [0.5, 0.6) is 0 Å². The van der Waals surface area contributed by atoms with Crippen molar-refractivity contribution in [2.24, 2.45) is 0 Å². The SMILES string of the molecule is O=C(Cc1ncccc1F)N1Cc2cnn(-c3ccccc3)c2C1. The Labute approximate surface area is 138 Å². The van der Waals surface area contributed by atoms with E-state index in [2.05, 4.69) is 10.1 Å². The second kappa shape index (κ2) is 5.88. The van der Waals surface area contributed by atoms with E-state index < -0.39 is 5.82 Å². The average molecular weight is 322 g/mol. The molecule has 1 amide bonds. The van der Waals surface area contributed by atoms with Crippen LogP contribution in [0.1, 0.15) is 17.0 Å². The lowest BCUT2D eigenvalue weighted by Gasteiger charge is -2.16. The van der Waals surface area contributed by atoms with E-state index in [1.165, 1.54) is 18.3 Å². The molecule has 120 valence electrons. The normalized spacial score (nSPS) is 13.1. The number of carbonyl (C=O) groups is 1. The van der Waals surface area contributed by atoms with Gasteiger partial charge in [-0.25, -0.2) is 9.07 Å². The molecule has 24 heavy (non-hydrogen) atoms. The second-order valence-electron chi connectivity index (χ2n) is 5.72. The van der Waals surface area contributed by atoms with Gasteiger partial charge in [-0.05, 0) is 24.3 Å². The van der Waals surface area contributed by atoms with Crippen molar-refractivity contribution < 1.29 is 9.18 Å². The van der Waals surface area contributed by atoms with Crippen LogP contribution in [0.15, 0.2) is 54.9 Å².